The van der Waals surface area contributed by atoms with Gasteiger partial charge in [0.05, 0.1) is 0 Å². The molecule has 7 nitrogen and oxygen atoms in total. The summed E-state index contributed by atoms with van der Waals surface area (Å²) in [7, 11) is 2.09. The van der Waals surface area contributed by atoms with Crippen molar-refractivity contribution in [1.29, 1.82) is 0 Å². The van der Waals surface area contributed by atoms with E-state index in [4.69, 9.17) is 4.52 Å². The first kappa shape index (κ1) is 14.9. The van der Waals surface area contributed by atoms with E-state index in [1.54, 1.807) is 0 Å². The SMILES string of the molecule is Cc1noc([C@@H]2CN(c3nc(C)nc(C)c3C)CCN2C)n1. The standard InChI is InChI=1S/C15H22N6O/c1-9-10(2)16-11(3)17-14(9)21-7-6-20(5)13(8-21)15-18-12(4)19-22-15/h13H,6-8H2,1-5H3/t13-/m0/s1. The number of likely N-dealkylation sites (N-methyl/N-ethyl adjacent to an activating group) is 1. The average Bonchev–Trinajstić information content (AvgIpc) is 2.90. The minimum atomic E-state index is 0.0879. The van der Waals surface area contributed by atoms with Crippen LogP contribution in [0.4, 0.5) is 5.82 Å². The molecule has 0 aromatic carbocycles. The molecule has 0 unspecified atom stereocenters. The van der Waals surface area contributed by atoms with Crippen molar-refractivity contribution in [3.05, 3.63) is 28.8 Å². The van der Waals surface area contributed by atoms with Gasteiger partial charge in [0.2, 0.25) is 5.89 Å². The van der Waals surface area contributed by atoms with Crippen LogP contribution in [-0.2, 0) is 0 Å². The average molecular weight is 302 g/mol. The van der Waals surface area contributed by atoms with Crippen LogP contribution in [0.2, 0.25) is 0 Å². The van der Waals surface area contributed by atoms with Gasteiger partial charge >= 0.3 is 0 Å². The monoisotopic (exact) mass is 302 g/mol. The molecule has 0 aliphatic carbocycles. The van der Waals surface area contributed by atoms with Crippen LogP contribution in [0.15, 0.2) is 4.52 Å². The quantitative estimate of drug-likeness (QED) is 0.834. The van der Waals surface area contributed by atoms with Crippen molar-refractivity contribution in [3.63, 3.8) is 0 Å². The van der Waals surface area contributed by atoms with Crippen LogP contribution in [-0.4, -0.2) is 51.7 Å². The second kappa shape index (κ2) is 5.64. The highest BCUT2D eigenvalue weighted by Gasteiger charge is 2.31. The van der Waals surface area contributed by atoms with Gasteiger partial charge in [0.15, 0.2) is 5.82 Å². The van der Waals surface area contributed by atoms with E-state index in [-0.39, 0.29) is 6.04 Å². The summed E-state index contributed by atoms with van der Waals surface area (Å²) in [5.74, 6) is 3.16. The molecular weight excluding hydrogens is 280 g/mol. The van der Waals surface area contributed by atoms with Gasteiger partial charge in [0.1, 0.15) is 17.7 Å². The van der Waals surface area contributed by atoms with Crippen molar-refractivity contribution in [1.82, 2.24) is 25.0 Å². The number of anilines is 1. The van der Waals surface area contributed by atoms with Crippen molar-refractivity contribution >= 4 is 5.82 Å². The fourth-order valence-corrected chi connectivity index (χ4v) is 2.84. The lowest BCUT2D eigenvalue weighted by Gasteiger charge is -2.38. The Morgan fingerprint density at radius 2 is 1.77 bits per heavy atom. The number of hydrogen-bond donors (Lipinski definition) is 0. The summed E-state index contributed by atoms with van der Waals surface area (Å²) < 4.78 is 5.37. The summed E-state index contributed by atoms with van der Waals surface area (Å²) in [6.07, 6.45) is 0. The van der Waals surface area contributed by atoms with Crippen LogP contribution in [0.1, 0.15) is 34.8 Å². The predicted octanol–water partition coefficient (Wildman–Crippen LogP) is 1.59. The highest BCUT2D eigenvalue weighted by molar-refractivity contribution is 5.49. The Labute approximate surface area is 130 Å². The van der Waals surface area contributed by atoms with Crippen LogP contribution in [0, 0.1) is 27.7 Å². The van der Waals surface area contributed by atoms with Crippen LogP contribution < -0.4 is 4.90 Å². The first-order valence-corrected chi connectivity index (χ1v) is 7.53. The van der Waals surface area contributed by atoms with Gasteiger partial charge in [-0.15, -0.1) is 0 Å². The second-order valence-corrected chi connectivity index (χ2v) is 5.93. The lowest BCUT2D eigenvalue weighted by molar-refractivity contribution is 0.177. The zero-order chi connectivity index (χ0) is 15.9. The van der Waals surface area contributed by atoms with Crippen LogP contribution in [0.25, 0.3) is 0 Å². The maximum absolute atomic E-state index is 5.37. The number of rotatable bonds is 2. The molecule has 0 radical (unpaired) electrons. The Bertz CT molecular complexity index is 683. The maximum Gasteiger partial charge on any atom is 0.245 e. The smallest absolute Gasteiger partial charge is 0.245 e. The van der Waals surface area contributed by atoms with Crippen molar-refractivity contribution in [2.45, 2.75) is 33.7 Å². The molecule has 0 amide bonds. The summed E-state index contributed by atoms with van der Waals surface area (Å²) in [5, 5.41) is 3.91. The molecule has 22 heavy (non-hydrogen) atoms. The largest absolute Gasteiger partial charge is 0.353 e. The molecule has 2 aromatic heterocycles. The fraction of sp³-hybridized carbons (Fsp3) is 0.600. The summed E-state index contributed by atoms with van der Waals surface area (Å²) in [6.45, 7) is 10.5. The molecule has 0 saturated carbocycles. The van der Waals surface area contributed by atoms with Crippen molar-refractivity contribution in [2.75, 3.05) is 31.6 Å². The molecule has 7 heteroatoms. The first-order valence-electron chi connectivity index (χ1n) is 7.53. The zero-order valence-electron chi connectivity index (χ0n) is 13.8. The summed E-state index contributed by atoms with van der Waals surface area (Å²) in [4.78, 5) is 18.0. The number of piperazine rings is 1. The molecule has 3 rings (SSSR count). The zero-order valence-corrected chi connectivity index (χ0v) is 13.8. The molecule has 2 aromatic rings. The number of aryl methyl sites for hydroxylation is 3. The van der Waals surface area contributed by atoms with Crippen molar-refractivity contribution in [3.8, 4) is 0 Å². The highest BCUT2D eigenvalue weighted by Crippen LogP contribution is 2.28. The van der Waals surface area contributed by atoms with E-state index in [0.29, 0.717) is 11.7 Å². The van der Waals surface area contributed by atoms with Crippen molar-refractivity contribution < 1.29 is 4.52 Å². The highest BCUT2D eigenvalue weighted by atomic mass is 16.5. The van der Waals surface area contributed by atoms with Gasteiger partial charge < -0.3 is 9.42 Å². The molecule has 1 saturated heterocycles. The van der Waals surface area contributed by atoms with Gasteiger partial charge in [0.25, 0.3) is 0 Å². The van der Waals surface area contributed by atoms with Crippen LogP contribution >= 0.6 is 0 Å². The van der Waals surface area contributed by atoms with E-state index in [9.17, 15) is 0 Å². The van der Waals surface area contributed by atoms with Gasteiger partial charge in [-0.2, -0.15) is 4.98 Å². The third-order valence-corrected chi connectivity index (χ3v) is 4.25. The summed E-state index contributed by atoms with van der Waals surface area (Å²) in [5.41, 5.74) is 2.17. The van der Waals surface area contributed by atoms with Crippen molar-refractivity contribution in [2.24, 2.45) is 0 Å². The third-order valence-electron chi connectivity index (χ3n) is 4.25. The van der Waals surface area contributed by atoms with Gasteiger partial charge in [0, 0.05) is 30.9 Å². The van der Waals surface area contributed by atoms with E-state index in [2.05, 4.69) is 43.9 Å². The van der Waals surface area contributed by atoms with Crippen LogP contribution in [0.3, 0.4) is 0 Å². The lowest BCUT2D eigenvalue weighted by atomic mass is 10.1. The van der Waals surface area contributed by atoms with Crippen LogP contribution in [0.5, 0.6) is 0 Å². The Hall–Kier alpha value is -2.02. The molecule has 0 spiro atoms. The predicted molar refractivity (Wildman–Crippen MR) is 82.9 cm³/mol. The van der Waals surface area contributed by atoms with E-state index >= 15 is 0 Å². The molecule has 0 bridgehead atoms. The minimum absolute atomic E-state index is 0.0879. The topological polar surface area (TPSA) is 71.2 Å². The molecule has 1 aliphatic heterocycles. The van der Waals surface area contributed by atoms with E-state index in [0.717, 1.165) is 42.5 Å². The van der Waals surface area contributed by atoms with E-state index < -0.39 is 0 Å². The summed E-state index contributed by atoms with van der Waals surface area (Å²) in [6, 6.07) is 0.0879. The molecular formula is C15H22N6O. The Balaban J connectivity index is 1.90. The fourth-order valence-electron chi connectivity index (χ4n) is 2.84. The number of nitrogens with zero attached hydrogens (tertiary/aromatic N) is 6. The second-order valence-electron chi connectivity index (χ2n) is 5.93. The molecule has 118 valence electrons. The van der Waals surface area contributed by atoms with E-state index in [1.807, 2.05) is 20.8 Å². The molecule has 3 heterocycles. The Morgan fingerprint density at radius 3 is 2.45 bits per heavy atom. The molecule has 1 atom stereocenters. The number of aromatic nitrogens is 4. The lowest BCUT2D eigenvalue weighted by Crippen LogP contribution is -2.47. The maximum atomic E-state index is 5.37. The molecule has 0 N–H and O–H groups in total. The van der Waals surface area contributed by atoms with Gasteiger partial charge in [-0.3, -0.25) is 4.90 Å². The van der Waals surface area contributed by atoms with Gasteiger partial charge in [-0.25, -0.2) is 9.97 Å². The molecule has 1 aliphatic rings. The normalized spacial score (nSPS) is 19.7. The Morgan fingerprint density at radius 1 is 1.00 bits per heavy atom. The summed E-state index contributed by atoms with van der Waals surface area (Å²) >= 11 is 0. The van der Waals surface area contributed by atoms with Gasteiger partial charge in [-0.05, 0) is 34.7 Å². The van der Waals surface area contributed by atoms with E-state index in [1.165, 1.54) is 0 Å². The Kier molecular flexibility index (Phi) is 3.82. The molecule has 1 fully saturated rings. The third kappa shape index (κ3) is 2.68. The van der Waals surface area contributed by atoms with Gasteiger partial charge in [-0.1, -0.05) is 5.16 Å². The first-order chi connectivity index (χ1) is 10.5. The minimum Gasteiger partial charge on any atom is -0.353 e. The number of hydrogen-bond acceptors (Lipinski definition) is 7.